The second-order valence-electron chi connectivity index (χ2n) is 13.3. The number of fused-ring (bicyclic) bond motifs is 5. The van der Waals surface area contributed by atoms with E-state index in [0.717, 1.165) is 47.5 Å². The van der Waals surface area contributed by atoms with Gasteiger partial charge < -0.3 is 19.3 Å². The molecule has 3 aromatic rings. The Kier molecular flexibility index (Phi) is 11.0. The fraction of sp³-hybridized carbons (Fsp3) is 0.444. The van der Waals surface area contributed by atoms with Gasteiger partial charge in [0.05, 0.1) is 6.10 Å². The summed E-state index contributed by atoms with van der Waals surface area (Å²) >= 11 is 0. The summed E-state index contributed by atoms with van der Waals surface area (Å²) in [5.41, 5.74) is 6.83. The highest BCUT2D eigenvalue weighted by atomic mass is 31.2. The number of phenolic OH excluding ortho intramolecular Hbond substituents is 1. The summed E-state index contributed by atoms with van der Waals surface area (Å²) in [4.78, 5) is 35.5. The van der Waals surface area contributed by atoms with Crippen LogP contribution in [0.3, 0.4) is 0 Å². The van der Waals surface area contributed by atoms with Gasteiger partial charge in [-0.2, -0.15) is 0 Å². The highest BCUT2D eigenvalue weighted by molar-refractivity contribution is 7.47. The summed E-state index contributed by atoms with van der Waals surface area (Å²) in [7, 11) is -9.21. The molecule has 10 nitrogen and oxygen atoms in total. The summed E-state index contributed by atoms with van der Waals surface area (Å²) in [5.74, 6) is 2.64. The minimum absolute atomic E-state index is 0.0736. The van der Waals surface area contributed by atoms with E-state index in [1.165, 1.54) is 54.7 Å². The van der Waals surface area contributed by atoms with Gasteiger partial charge in [0.2, 0.25) is 0 Å². The van der Waals surface area contributed by atoms with E-state index in [0.29, 0.717) is 30.4 Å². The topological polar surface area (TPSA) is 174 Å². The van der Waals surface area contributed by atoms with Crippen LogP contribution in [-0.2, 0) is 15.6 Å². The number of hydrogen-bond acceptors (Lipinski definition) is 6. The van der Waals surface area contributed by atoms with Crippen LogP contribution in [0.1, 0.15) is 93.9 Å². The van der Waals surface area contributed by atoms with E-state index in [4.69, 9.17) is 19.6 Å². The van der Waals surface area contributed by atoms with Gasteiger partial charge in [-0.3, -0.25) is 19.6 Å². The molecular formula is C36H46O10P2. The van der Waals surface area contributed by atoms with Crippen LogP contribution in [0.25, 0.3) is 11.1 Å². The van der Waals surface area contributed by atoms with Gasteiger partial charge in [-0.05, 0) is 144 Å². The largest absolute Gasteiger partial charge is 0.524 e. The molecule has 0 spiro atoms. The van der Waals surface area contributed by atoms with Crippen LogP contribution in [-0.4, -0.2) is 35.9 Å². The SMILES string of the molecule is CC/C(=C(/CC)c1ccc(OP(=O)(O)O)cc1)c1ccc(OP(=O)(O)O)cc1.C[C@]12CC[C@@H]3c4ccc(O)cc4CC[C@H]3[C@@H]1CC[C@@H]2O. The molecule has 260 valence electrons. The lowest BCUT2D eigenvalue weighted by Crippen LogP contribution is -2.43. The standard InChI is InChI=1S/C18H22O8P2.C18H24O2/c1-3-17(13-5-9-15(10-6-13)25-27(19,20)21)18(4-2)14-7-11-16(12-8-14)26-28(22,23)24;1-18-9-8-14-13-5-3-12(19)10-11(13)2-4-15(14)16(18)6-7-17(18)20/h5-12H,3-4H2,1-2H3,(H2,19,20,21)(H2,22,23,24);3,5,10,14-17,19-20H,2,4,6-9H2,1H3/b18-17+;/t;14-,15-,16+,17+,18+/m.1/s1. The van der Waals surface area contributed by atoms with Crippen molar-refractivity contribution in [1.29, 1.82) is 0 Å². The minimum atomic E-state index is -4.61. The molecular weight excluding hydrogens is 654 g/mol. The Morgan fingerprint density at radius 2 is 1.29 bits per heavy atom. The van der Waals surface area contributed by atoms with Gasteiger partial charge in [-0.15, -0.1) is 0 Å². The lowest BCUT2D eigenvalue weighted by Gasteiger charge is -2.50. The van der Waals surface area contributed by atoms with Crippen molar-refractivity contribution >= 4 is 26.8 Å². The predicted octanol–water partition coefficient (Wildman–Crippen LogP) is 7.97. The first-order valence-electron chi connectivity index (χ1n) is 16.5. The average Bonchev–Trinajstić information content (AvgIpc) is 3.33. The molecule has 2 fully saturated rings. The van der Waals surface area contributed by atoms with Crippen LogP contribution in [0.5, 0.6) is 17.2 Å². The zero-order valence-electron chi connectivity index (χ0n) is 27.5. The van der Waals surface area contributed by atoms with Gasteiger partial charge in [0.15, 0.2) is 0 Å². The van der Waals surface area contributed by atoms with Crippen molar-refractivity contribution in [3.63, 3.8) is 0 Å². The van der Waals surface area contributed by atoms with Crippen molar-refractivity contribution in [2.45, 2.75) is 84.2 Å². The number of aryl methyl sites for hydroxylation is 1. The van der Waals surface area contributed by atoms with Gasteiger partial charge in [0, 0.05) is 0 Å². The van der Waals surface area contributed by atoms with E-state index >= 15 is 0 Å². The Hall–Kier alpha value is -2.94. The second kappa shape index (κ2) is 14.5. The van der Waals surface area contributed by atoms with Crippen molar-refractivity contribution in [2.75, 3.05) is 0 Å². The minimum Gasteiger partial charge on any atom is -0.508 e. The number of rotatable bonds is 8. The van der Waals surface area contributed by atoms with E-state index in [1.54, 1.807) is 24.3 Å². The molecule has 2 saturated carbocycles. The van der Waals surface area contributed by atoms with Crippen molar-refractivity contribution in [3.05, 3.63) is 89.0 Å². The molecule has 3 aliphatic rings. The van der Waals surface area contributed by atoms with Crippen LogP contribution < -0.4 is 9.05 Å². The Labute approximate surface area is 282 Å². The zero-order chi connectivity index (χ0) is 34.9. The first-order valence-corrected chi connectivity index (χ1v) is 19.6. The molecule has 0 aliphatic heterocycles. The third kappa shape index (κ3) is 8.26. The average molecular weight is 701 g/mol. The number of phosphoric acid groups is 2. The van der Waals surface area contributed by atoms with Crippen molar-refractivity contribution in [2.24, 2.45) is 17.3 Å². The van der Waals surface area contributed by atoms with Gasteiger partial charge >= 0.3 is 15.6 Å². The lowest BCUT2D eigenvalue weighted by atomic mass is 9.55. The van der Waals surface area contributed by atoms with Crippen LogP contribution in [0, 0.1) is 17.3 Å². The van der Waals surface area contributed by atoms with E-state index in [2.05, 4.69) is 22.0 Å². The molecule has 0 radical (unpaired) electrons. The molecule has 0 unspecified atom stereocenters. The fourth-order valence-corrected chi connectivity index (χ4v) is 9.23. The van der Waals surface area contributed by atoms with E-state index < -0.39 is 15.6 Å². The monoisotopic (exact) mass is 700 g/mol. The summed E-state index contributed by atoms with van der Waals surface area (Å²) in [5, 5.41) is 20.0. The molecule has 48 heavy (non-hydrogen) atoms. The van der Waals surface area contributed by atoms with Crippen molar-refractivity contribution in [3.8, 4) is 17.2 Å². The van der Waals surface area contributed by atoms with E-state index in [9.17, 15) is 19.3 Å². The quantitative estimate of drug-likeness (QED) is 0.0999. The smallest absolute Gasteiger partial charge is 0.508 e. The van der Waals surface area contributed by atoms with Crippen LogP contribution >= 0.6 is 15.6 Å². The van der Waals surface area contributed by atoms with Gasteiger partial charge in [-0.1, -0.05) is 51.1 Å². The molecule has 0 aromatic heterocycles. The Bertz CT molecular complexity index is 1630. The number of aliphatic hydroxyl groups is 1. The third-order valence-corrected chi connectivity index (χ3v) is 11.5. The van der Waals surface area contributed by atoms with Gasteiger partial charge in [-0.25, -0.2) is 9.13 Å². The highest BCUT2D eigenvalue weighted by Gasteiger charge is 2.54. The molecule has 0 saturated heterocycles. The molecule has 6 N–H and O–H groups in total. The zero-order valence-corrected chi connectivity index (χ0v) is 29.3. The normalized spacial score (nSPS) is 25.4. The fourth-order valence-electron chi connectivity index (χ4n) is 8.43. The number of phenols is 1. The molecule has 0 amide bonds. The second-order valence-corrected chi connectivity index (χ2v) is 15.6. The number of aliphatic hydroxyl groups excluding tert-OH is 1. The molecule has 0 heterocycles. The lowest BCUT2D eigenvalue weighted by molar-refractivity contribution is -0.0226. The van der Waals surface area contributed by atoms with E-state index in [1.807, 2.05) is 26.0 Å². The molecule has 5 atom stereocenters. The summed E-state index contributed by atoms with van der Waals surface area (Å²) in [6.45, 7) is 6.31. The number of benzene rings is 3. The van der Waals surface area contributed by atoms with Crippen molar-refractivity contribution < 1.29 is 48.0 Å². The molecule has 12 heteroatoms. The Morgan fingerprint density at radius 3 is 1.77 bits per heavy atom. The Morgan fingerprint density at radius 1 is 0.771 bits per heavy atom. The summed E-state index contributed by atoms with van der Waals surface area (Å²) < 4.78 is 31.0. The maximum Gasteiger partial charge on any atom is 0.524 e. The number of hydrogen-bond donors (Lipinski definition) is 6. The van der Waals surface area contributed by atoms with Crippen LogP contribution in [0.15, 0.2) is 66.7 Å². The number of phosphoric ester groups is 2. The number of aromatic hydroxyl groups is 1. The number of allylic oxidation sites excluding steroid dienone is 2. The molecule has 6 rings (SSSR count). The summed E-state index contributed by atoms with van der Waals surface area (Å²) in [6, 6.07) is 18.8. The van der Waals surface area contributed by atoms with Crippen LogP contribution in [0.2, 0.25) is 0 Å². The van der Waals surface area contributed by atoms with Crippen molar-refractivity contribution in [1.82, 2.24) is 0 Å². The third-order valence-electron chi connectivity index (χ3n) is 10.6. The predicted molar refractivity (Wildman–Crippen MR) is 184 cm³/mol. The maximum atomic E-state index is 10.9. The molecule has 3 aromatic carbocycles. The van der Waals surface area contributed by atoms with E-state index in [-0.39, 0.29) is 23.0 Å². The van der Waals surface area contributed by atoms with Gasteiger partial charge in [0.25, 0.3) is 0 Å². The summed E-state index contributed by atoms with van der Waals surface area (Å²) in [6.07, 6.45) is 8.20. The first-order chi connectivity index (χ1) is 22.6. The van der Waals surface area contributed by atoms with Gasteiger partial charge in [0.1, 0.15) is 17.2 Å². The highest BCUT2D eigenvalue weighted by Crippen LogP contribution is 2.61. The van der Waals surface area contributed by atoms with Crippen LogP contribution in [0.4, 0.5) is 0 Å². The molecule has 0 bridgehead atoms. The maximum absolute atomic E-state index is 10.9. The first kappa shape index (κ1) is 36.3. The Balaban J connectivity index is 0.000000197. The molecule has 3 aliphatic carbocycles.